The van der Waals surface area contributed by atoms with E-state index in [1.54, 1.807) is 6.08 Å². The van der Waals surface area contributed by atoms with Gasteiger partial charge in [-0.15, -0.1) is 17.6 Å². The molecule has 0 N–H and O–H groups in total. The van der Waals surface area contributed by atoms with Crippen LogP contribution in [0.3, 0.4) is 0 Å². The second-order valence-electron chi connectivity index (χ2n) is 10.8. The number of fused-ring (bicyclic) bond motifs is 5. The van der Waals surface area contributed by atoms with Crippen molar-refractivity contribution in [3.05, 3.63) is 172 Å². The van der Waals surface area contributed by atoms with Crippen LogP contribution in [0.5, 0.6) is 0 Å². The van der Waals surface area contributed by atoms with E-state index in [0.29, 0.717) is 39.8 Å². The van der Waals surface area contributed by atoms with Crippen molar-refractivity contribution in [1.82, 2.24) is 4.98 Å². The first-order chi connectivity index (χ1) is 21.5. The van der Waals surface area contributed by atoms with Gasteiger partial charge in [-0.2, -0.15) is 0 Å². The van der Waals surface area contributed by atoms with Crippen LogP contribution in [0.4, 0.5) is 0 Å². The van der Waals surface area contributed by atoms with Gasteiger partial charge in [-0.3, -0.25) is 4.79 Å². The maximum absolute atomic E-state index is 12.5. The monoisotopic (exact) mass is 628 g/mol. The van der Waals surface area contributed by atoms with Gasteiger partial charge in [-0.1, -0.05) is 71.8 Å². The maximum atomic E-state index is 12.5. The molecular formula is C38H26N4NiO2. The predicted octanol–water partition coefficient (Wildman–Crippen LogP) is 6.19. The van der Waals surface area contributed by atoms with Gasteiger partial charge in [0.15, 0.2) is 0 Å². The van der Waals surface area contributed by atoms with E-state index in [0.717, 1.165) is 62.9 Å². The number of carbonyl (C=O) groups excluding carboxylic acids is 1. The molecule has 220 valence electrons. The molecule has 5 heterocycles. The molecule has 4 aliphatic heterocycles. The van der Waals surface area contributed by atoms with Crippen LogP contribution in [0.1, 0.15) is 33.6 Å². The number of rotatable bonds is 4. The number of aryl methyl sites for hydroxylation is 2. The zero-order chi connectivity index (χ0) is 30.2. The van der Waals surface area contributed by atoms with Gasteiger partial charge < -0.3 is 10.1 Å². The molecule has 0 saturated carbocycles. The average molecular weight is 629 g/mol. The molecule has 4 aliphatic rings. The third-order valence-corrected chi connectivity index (χ3v) is 7.83. The molecule has 0 spiro atoms. The Morgan fingerprint density at radius 2 is 1.16 bits per heavy atom. The fourth-order valence-electron chi connectivity index (χ4n) is 5.59. The van der Waals surface area contributed by atoms with E-state index >= 15 is 0 Å². The van der Waals surface area contributed by atoms with Crippen molar-refractivity contribution in [3.63, 3.8) is 0 Å². The van der Waals surface area contributed by atoms with Crippen LogP contribution >= 0.6 is 0 Å². The molecule has 8 bridgehead atoms. The van der Waals surface area contributed by atoms with E-state index in [-0.39, 0.29) is 16.5 Å². The number of aromatic nitrogens is 1. The van der Waals surface area contributed by atoms with Gasteiger partial charge in [0.1, 0.15) is 6.29 Å². The number of allylic oxidation sites excluding steroid dienone is 11. The largest absolute Gasteiger partial charge is 2.00 e. The Labute approximate surface area is 271 Å². The molecule has 0 amide bonds. The van der Waals surface area contributed by atoms with Gasteiger partial charge >= 0.3 is 16.5 Å². The number of hydrogen-bond donors (Lipinski definition) is 0. The van der Waals surface area contributed by atoms with Crippen LogP contribution < -0.4 is 10.1 Å². The topological polar surface area (TPSA) is 91.3 Å². The Morgan fingerprint density at radius 3 is 1.82 bits per heavy atom. The smallest absolute Gasteiger partial charge is 0.877 e. The molecule has 0 radical (unpaired) electrons. The number of nitrogens with zero attached hydrogens (tertiary/aromatic N) is 4. The SMILES string of the molecule is Cc1ccc(C2=C3C=CC(=N3)/C(=C\[O-])c3ccc([n-]3)C(c3ccc(C)cc3)=C3C=CC(=N3)C(/C=C/C=O)=C3C=CC2=N3)cc1.[Ni+2]. The molecule has 2 aromatic carbocycles. The normalized spacial score (nSPS) is 17.8. The van der Waals surface area contributed by atoms with Crippen molar-refractivity contribution in [2.75, 3.05) is 0 Å². The summed E-state index contributed by atoms with van der Waals surface area (Å²) in [5.74, 6) is 0. The number of hydrogen-bond acceptors (Lipinski definition) is 5. The van der Waals surface area contributed by atoms with Crippen LogP contribution in [0, 0.1) is 13.8 Å². The standard InChI is InChI=1S/C38H28N4O2.Ni/c1-23-5-9-25(10-6-23)37-33-17-13-29(39-33)27(4-3-21-43)30-14-18-34(40-30)38(26-11-7-24(2)8-12-26)36-20-16-32(42-36)28(22-44)31-15-19-35(37)41-31;/h3-22H,1-2H3,(H2,39,40,41,42,43,44);/q;+2/p-2. The molecule has 0 saturated heterocycles. The van der Waals surface area contributed by atoms with Crippen LogP contribution in [0.2, 0.25) is 0 Å². The first kappa shape index (κ1) is 29.7. The summed E-state index contributed by atoms with van der Waals surface area (Å²) in [7, 11) is 0. The first-order valence-electron chi connectivity index (χ1n) is 14.3. The van der Waals surface area contributed by atoms with Gasteiger partial charge in [0, 0.05) is 11.1 Å². The summed E-state index contributed by atoms with van der Waals surface area (Å²) in [6, 6.07) is 20.2. The van der Waals surface area contributed by atoms with Crippen molar-refractivity contribution < 1.29 is 26.4 Å². The zero-order valence-corrected chi connectivity index (χ0v) is 25.5. The second kappa shape index (κ2) is 12.3. The molecule has 7 heteroatoms. The third kappa shape index (κ3) is 5.55. The summed E-state index contributed by atoms with van der Waals surface area (Å²) in [5, 5.41) is 12.5. The number of carbonyl (C=O) groups is 1. The fraction of sp³-hybridized carbons (Fsp3) is 0.0526. The summed E-state index contributed by atoms with van der Waals surface area (Å²) < 4.78 is 0. The molecule has 3 aromatic rings. The first-order valence-corrected chi connectivity index (χ1v) is 14.3. The van der Waals surface area contributed by atoms with E-state index in [1.807, 2.05) is 86.7 Å². The molecule has 0 aliphatic carbocycles. The minimum atomic E-state index is 0. The minimum Gasteiger partial charge on any atom is -0.877 e. The Balaban J connectivity index is 0.00000357. The summed E-state index contributed by atoms with van der Waals surface area (Å²) in [6.07, 6.45) is 16.3. The van der Waals surface area contributed by atoms with Crippen molar-refractivity contribution in [2.45, 2.75) is 13.8 Å². The summed E-state index contributed by atoms with van der Waals surface area (Å²) in [4.78, 5) is 31.4. The van der Waals surface area contributed by atoms with Gasteiger partial charge in [0.25, 0.3) is 0 Å². The fourth-order valence-corrected chi connectivity index (χ4v) is 5.59. The Hall–Kier alpha value is -5.39. The molecule has 45 heavy (non-hydrogen) atoms. The third-order valence-electron chi connectivity index (χ3n) is 7.83. The molecule has 1 aromatic heterocycles. The van der Waals surface area contributed by atoms with Crippen LogP contribution in [-0.4, -0.2) is 23.4 Å². The van der Waals surface area contributed by atoms with Crippen LogP contribution in [0.15, 0.2) is 153 Å². The molecule has 7 rings (SSSR count). The Morgan fingerprint density at radius 1 is 0.622 bits per heavy atom. The van der Waals surface area contributed by atoms with E-state index < -0.39 is 0 Å². The molecule has 0 unspecified atom stereocenters. The van der Waals surface area contributed by atoms with Crippen LogP contribution in [-0.2, 0) is 21.3 Å². The molecular weight excluding hydrogens is 603 g/mol. The Bertz CT molecular complexity index is 2070. The van der Waals surface area contributed by atoms with E-state index in [2.05, 4.69) is 24.3 Å². The van der Waals surface area contributed by atoms with Crippen LogP contribution in [0.25, 0.3) is 16.7 Å². The van der Waals surface area contributed by atoms with Crippen molar-refractivity contribution in [3.8, 4) is 0 Å². The maximum Gasteiger partial charge on any atom is 2.00 e. The average Bonchev–Trinajstić information content (AvgIpc) is 3.86. The summed E-state index contributed by atoms with van der Waals surface area (Å²) in [5.41, 5.74) is 12.2. The number of benzene rings is 2. The van der Waals surface area contributed by atoms with E-state index in [9.17, 15) is 9.90 Å². The zero-order valence-electron chi connectivity index (χ0n) is 24.5. The number of aldehydes is 1. The van der Waals surface area contributed by atoms with Crippen molar-refractivity contribution in [1.29, 1.82) is 0 Å². The van der Waals surface area contributed by atoms with Gasteiger partial charge in [0.2, 0.25) is 0 Å². The molecule has 0 fully saturated rings. The van der Waals surface area contributed by atoms with E-state index in [4.69, 9.17) is 20.0 Å². The van der Waals surface area contributed by atoms with E-state index in [1.165, 1.54) is 6.08 Å². The second-order valence-corrected chi connectivity index (χ2v) is 10.8. The summed E-state index contributed by atoms with van der Waals surface area (Å²) >= 11 is 0. The molecule has 6 nitrogen and oxygen atoms in total. The van der Waals surface area contributed by atoms with Crippen molar-refractivity contribution >= 4 is 40.1 Å². The minimum absolute atomic E-state index is 0. The Kier molecular flexibility index (Phi) is 8.12. The van der Waals surface area contributed by atoms with Gasteiger partial charge in [-0.05, 0) is 84.7 Å². The molecule has 0 atom stereocenters. The van der Waals surface area contributed by atoms with Crippen molar-refractivity contribution in [2.24, 2.45) is 15.0 Å². The van der Waals surface area contributed by atoms with Gasteiger partial charge in [0.05, 0.1) is 34.2 Å². The quantitative estimate of drug-likeness (QED) is 0.149. The number of aliphatic imine (C=N–C) groups is 3. The van der Waals surface area contributed by atoms with Gasteiger partial charge in [-0.25, -0.2) is 15.0 Å². The summed E-state index contributed by atoms with van der Waals surface area (Å²) in [6.45, 7) is 4.09. The predicted molar refractivity (Wildman–Crippen MR) is 175 cm³/mol.